The number of carbonyl (C=O) groups is 1. The average Bonchev–Trinajstić information content (AvgIpc) is 3.03. The Hall–Kier alpha value is -2.11. The van der Waals surface area contributed by atoms with Gasteiger partial charge >= 0.3 is 5.97 Å². The van der Waals surface area contributed by atoms with Crippen LogP contribution in [0.3, 0.4) is 0 Å². The van der Waals surface area contributed by atoms with Gasteiger partial charge in [-0.1, -0.05) is 0 Å². The Balaban J connectivity index is 1.68. The van der Waals surface area contributed by atoms with E-state index < -0.39 is 5.97 Å². The zero-order chi connectivity index (χ0) is 13.7. The van der Waals surface area contributed by atoms with Crippen LogP contribution in [0.2, 0.25) is 0 Å². The van der Waals surface area contributed by atoms with Crippen molar-refractivity contribution in [3.05, 3.63) is 18.6 Å². The number of hydrogen-bond acceptors (Lipinski definition) is 4. The largest absolute Gasteiger partial charge is 0.481 e. The smallest absolute Gasteiger partial charge is 0.307 e. The Bertz CT molecular complexity index is 677. The molecule has 3 heterocycles. The molecule has 0 aromatic carbocycles. The van der Waals surface area contributed by atoms with E-state index in [4.69, 9.17) is 0 Å². The lowest BCUT2D eigenvalue weighted by Crippen LogP contribution is -2.45. The van der Waals surface area contributed by atoms with E-state index in [1.54, 1.807) is 6.33 Å². The predicted molar refractivity (Wildman–Crippen MR) is 73.5 cm³/mol. The molecule has 0 bridgehead atoms. The highest BCUT2D eigenvalue weighted by molar-refractivity contribution is 5.87. The summed E-state index contributed by atoms with van der Waals surface area (Å²) in [4.78, 5) is 25.3. The molecule has 1 saturated carbocycles. The Kier molecular flexibility index (Phi) is 2.31. The lowest BCUT2D eigenvalue weighted by atomic mass is 9.82. The summed E-state index contributed by atoms with van der Waals surface area (Å²) >= 11 is 0. The van der Waals surface area contributed by atoms with E-state index in [1.807, 2.05) is 12.3 Å². The summed E-state index contributed by atoms with van der Waals surface area (Å²) in [7, 11) is 0. The molecule has 20 heavy (non-hydrogen) atoms. The fourth-order valence-electron chi connectivity index (χ4n) is 3.50. The van der Waals surface area contributed by atoms with Gasteiger partial charge < -0.3 is 15.0 Å². The number of carboxylic acid groups (broad SMARTS) is 1. The number of anilines is 1. The van der Waals surface area contributed by atoms with Gasteiger partial charge in [0, 0.05) is 24.7 Å². The zero-order valence-electron chi connectivity index (χ0n) is 11.0. The lowest BCUT2D eigenvalue weighted by molar-refractivity contribution is -0.144. The standard InChI is InChI=1S/C14H16N4O2/c19-13(20)10-2-6-18(7-14(10)3-4-14)12-9-1-5-15-11(9)16-8-17-12/h1,5,8,10H,2-4,6-7H2,(H,19,20)(H,15,16,17)/t10-/m1/s1. The molecule has 2 aromatic heterocycles. The molecule has 1 aliphatic carbocycles. The topological polar surface area (TPSA) is 82.1 Å². The van der Waals surface area contributed by atoms with Gasteiger partial charge in [0.2, 0.25) is 0 Å². The Morgan fingerprint density at radius 2 is 2.30 bits per heavy atom. The monoisotopic (exact) mass is 272 g/mol. The maximum Gasteiger partial charge on any atom is 0.307 e. The van der Waals surface area contributed by atoms with Gasteiger partial charge in [-0.2, -0.15) is 0 Å². The van der Waals surface area contributed by atoms with Crippen molar-refractivity contribution in [1.82, 2.24) is 15.0 Å². The molecule has 0 radical (unpaired) electrons. The number of nitrogens with one attached hydrogen (secondary N) is 1. The molecule has 1 atom stereocenters. The molecule has 2 fully saturated rings. The van der Waals surface area contributed by atoms with E-state index in [9.17, 15) is 9.90 Å². The van der Waals surface area contributed by atoms with Crippen LogP contribution in [0.1, 0.15) is 19.3 Å². The van der Waals surface area contributed by atoms with Crippen molar-refractivity contribution in [2.24, 2.45) is 11.3 Å². The van der Waals surface area contributed by atoms with Crippen LogP contribution in [-0.2, 0) is 4.79 Å². The third-order valence-corrected chi connectivity index (χ3v) is 4.76. The van der Waals surface area contributed by atoms with Crippen LogP contribution >= 0.6 is 0 Å². The molecule has 4 rings (SSSR count). The molecule has 2 aromatic rings. The first-order valence-corrected chi connectivity index (χ1v) is 6.95. The van der Waals surface area contributed by atoms with Gasteiger partial charge in [-0.25, -0.2) is 9.97 Å². The second-order valence-electron chi connectivity index (χ2n) is 5.90. The number of H-pyrrole nitrogens is 1. The fourth-order valence-corrected chi connectivity index (χ4v) is 3.50. The van der Waals surface area contributed by atoms with Crippen molar-refractivity contribution in [2.45, 2.75) is 19.3 Å². The molecule has 0 amide bonds. The molecule has 2 aliphatic rings. The normalized spacial score (nSPS) is 24.2. The van der Waals surface area contributed by atoms with Crippen molar-refractivity contribution in [3.8, 4) is 0 Å². The van der Waals surface area contributed by atoms with Gasteiger partial charge in [-0.3, -0.25) is 4.79 Å². The zero-order valence-corrected chi connectivity index (χ0v) is 11.0. The van der Waals surface area contributed by atoms with Gasteiger partial charge in [-0.15, -0.1) is 0 Å². The first kappa shape index (κ1) is 11.7. The third kappa shape index (κ3) is 1.60. The summed E-state index contributed by atoms with van der Waals surface area (Å²) in [5.74, 6) is 0.0882. The van der Waals surface area contributed by atoms with Crippen molar-refractivity contribution in [2.75, 3.05) is 18.0 Å². The van der Waals surface area contributed by atoms with E-state index in [0.29, 0.717) is 6.42 Å². The highest BCUT2D eigenvalue weighted by Gasteiger charge is 2.55. The number of nitrogens with zero attached hydrogens (tertiary/aromatic N) is 3. The van der Waals surface area contributed by atoms with Crippen LogP contribution < -0.4 is 4.90 Å². The second kappa shape index (κ2) is 3.94. The van der Waals surface area contributed by atoms with Crippen LogP contribution in [0.25, 0.3) is 11.0 Å². The first-order valence-electron chi connectivity index (χ1n) is 6.95. The molecule has 104 valence electrons. The number of fused-ring (bicyclic) bond motifs is 1. The van der Waals surface area contributed by atoms with E-state index in [0.717, 1.165) is 42.8 Å². The van der Waals surface area contributed by atoms with Gasteiger partial charge in [0.25, 0.3) is 0 Å². The Morgan fingerprint density at radius 3 is 3.05 bits per heavy atom. The number of piperidine rings is 1. The first-order chi connectivity index (χ1) is 9.70. The molecule has 2 N–H and O–H groups in total. The fraction of sp³-hybridized carbons (Fsp3) is 0.500. The van der Waals surface area contributed by atoms with Crippen molar-refractivity contribution in [1.29, 1.82) is 0 Å². The summed E-state index contributed by atoms with van der Waals surface area (Å²) in [6.07, 6.45) is 6.16. The molecule has 1 saturated heterocycles. The molecule has 0 unspecified atom stereocenters. The SMILES string of the molecule is O=C(O)[C@H]1CCN(c2ncnc3[nH]ccc23)CC12CC2. The van der Waals surface area contributed by atoms with E-state index >= 15 is 0 Å². The summed E-state index contributed by atoms with van der Waals surface area (Å²) in [6, 6.07) is 1.98. The van der Waals surface area contributed by atoms with E-state index in [2.05, 4.69) is 19.9 Å². The highest BCUT2D eigenvalue weighted by Crippen LogP contribution is 2.56. The predicted octanol–water partition coefficient (Wildman–Crippen LogP) is 1.65. The molecule has 6 nitrogen and oxygen atoms in total. The van der Waals surface area contributed by atoms with Crippen LogP contribution in [0.5, 0.6) is 0 Å². The van der Waals surface area contributed by atoms with Gasteiger partial charge in [0.15, 0.2) is 0 Å². The maximum atomic E-state index is 11.4. The van der Waals surface area contributed by atoms with Crippen molar-refractivity contribution < 1.29 is 9.90 Å². The summed E-state index contributed by atoms with van der Waals surface area (Å²) < 4.78 is 0. The minimum absolute atomic E-state index is 0.0301. The minimum Gasteiger partial charge on any atom is -0.481 e. The van der Waals surface area contributed by atoms with Crippen LogP contribution in [0, 0.1) is 11.3 Å². The van der Waals surface area contributed by atoms with Crippen LogP contribution in [0.15, 0.2) is 18.6 Å². The van der Waals surface area contributed by atoms with E-state index in [-0.39, 0.29) is 11.3 Å². The maximum absolute atomic E-state index is 11.4. The lowest BCUT2D eigenvalue weighted by Gasteiger charge is -2.38. The molecule has 1 spiro atoms. The highest BCUT2D eigenvalue weighted by atomic mass is 16.4. The van der Waals surface area contributed by atoms with Gasteiger partial charge in [-0.05, 0) is 25.3 Å². The summed E-state index contributed by atoms with van der Waals surface area (Å²) in [5.41, 5.74) is 0.803. The number of rotatable bonds is 2. The number of aromatic nitrogens is 3. The number of aliphatic carboxylic acids is 1. The van der Waals surface area contributed by atoms with Gasteiger partial charge in [0.1, 0.15) is 17.8 Å². The van der Waals surface area contributed by atoms with E-state index in [1.165, 1.54) is 0 Å². The Morgan fingerprint density at radius 1 is 1.45 bits per heavy atom. The number of hydrogen-bond donors (Lipinski definition) is 2. The summed E-state index contributed by atoms with van der Waals surface area (Å²) in [5, 5.41) is 10.4. The molecule has 6 heteroatoms. The quantitative estimate of drug-likeness (QED) is 0.868. The minimum atomic E-state index is -0.642. The van der Waals surface area contributed by atoms with Crippen molar-refractivity contribution >= 4 is 22.8 Å². The molecular formula is C14H16N4O2. The summed E-state index contributed by atoms with van der Waals surface area (Å²) in [6.45, 7) is 1.54. The third-order valence-electron chi connectivity index (χ3n) is 4.76. The number of aromatic amines is 1. The molecule has 1 aliphatic heterocycles. The van der Waals surface area contributed by atoms with Crippen LogP contribution in [0.4, 0.5) is 5.82 Å². The number of carboxylic acids is 1. The van der Waals surface area contributed by atoms with Gasteiger partial charge in [0.05, 0.1) is 11.3 Å². The molecular weight excluding hydrogens is 256 g/mol. The second-order valence-corrected chi connectivity index (χ2v) is 5.90. The average molecular weight is 272 g/mol. The Labute approximate surface area is 115 Å². The van der Waals surface area contributed by atoms with Crippen LogP contribution in [-0.4, -0.2) is 39.1 Å². The van der Waals surface area contributed by atoms with Crippen molar-refractivity contribution in [3.63, 3.8) is 0 Å².